The second-order valence-corrected chi connectivity index (χ2v) is 11.0. The minimum Gasteiger partial charge on any atom is -0.480 e. The second kappa shape index (κ2) is 14.6. The lowest BCUT2D eigenvalue weighted by atomic mass is 9.98. The molecule has 42 heavy (non-hydrogen) atoms. The van der Waals surface area contributed by atoms with Crippen molar-refractivity contribution in [2.75, 3.05) is 6.61 Å². The van der Waals surface area contributed by atoms with Crippen molar-refractivity contribution in [2.45, 2.75) is 70.7 Å². The van der Waals surface area contributed by atoms with E-state index < -0.39 is 30.1 Å². The number of benzene rings is 3. The molecule has 8 heteroatoms. The largest absolute Gasteiger partial charge is 0.480 e. The molecule has 0 saturated heterocycles. The van der Waals surface area contributed by atoms with Crippen molar-refractivity contribution in [2.24, 2.45) is 5.92 Å². The van der Waals surface area contributed by atoms with Crippen molar-refractivity contribution in [1.29, 1.82) is 0 Å². The number of amides is 2. The number of carboxylic acid groups (broad SMARTS) is 1. The van der Waals surface area contributed by atoms with E-state index in [4.69, 9.17) is 9.47 Å². The van der Waals surface area contributed by atoms with Gasteiger partial charge >= 0.3 is 12.1 Å². The monoisotopic (exact) mass is 572 g/mol. The minimum absolute atomic E-state index is 0.00102. The van der Waals surface area contributed by atoms with Gasteiger partial charge < -0.3 is 25.2 Å². The van der Waals surface area contributed by atoms with Crippen molar-refractivity contribution < 1.29 is 29.0 Å². The Balaban J connectivity index is 1.17. The molecule has 222 valence electrons. The van der Waals surface area contributed by atoms with Crippen LogP contribution in [-0.2, 0) is 25.7 Å². The molecular weight excluding hydrogens is 532 g/mol. The van der Waals surface area contributed by atoms with Crippen molar-refractivity contribution in [3.05, 3.63) is 95.6 Å². The van der Waals surface area contributed by atoms with Gasteiger partial charge in [-0.05, 0) is 54.5 Å². The van der Waals surface area contributed by atoms with E-state index >= 15 is 0 Å². The maximum atomic E-state index is 12.8. The predicted octanol–water partition coefficient (Wildman–Crippen LogP) is 5.89. The summed E-state index contributed by atoms with van der Waals surface area (Å²) in [5.41, 5.74) is 5.60. The van der Waals surface area contributed by atoms with Crippen molar-refractivity contribution in [3.63, 3.8) is 0 Å². The maximum Gasteiger partial charge on any atom is 0.407 e. The van der Waals surface area contributed by atoms with Gasteiger partial charge in [0.1, 0.15) is 6.61 Å². The molecule has 0 aromatic heterocycles. The number of ether oxygens (including phenoxy) is 2. The molecule has 0 radical (unpaired) electrons. The van der Waals surface area contributed by atoms with Gasteiger partial charge in [-0.25, -0.2) is 9.59 Å². The fourth-order valence-electron chi connectivity index (χ4n) is 5.35. The van der Waals surface area contributed by atoms with Crippen LogP contribution in [0, 0.1) is 5.92 Å². The van der Waals surface area contributed by atoms with Crippen molar-refractivity contribution >= 4 is 18.0 Å². The summed E-state index contributed by atoms with van der Waals surface area (Å²) in [7, 11) is 0. The number of hydrogen-bond acceptors (Lipinski definition) is 5. The number of carbonyl (C=O) groups is 3. The molecule has 2 unspecified atom stereocenters. The van der Waals surface area contributed by atoms with E-state index in [9.17, 15) is 19.5 Å². The van der Waals surface area contributed by atoms with Gasteiger partial charge in [-0.2, -0.15) is 0 Å². The third-order valence-corrected chi connectivity index (χ3v) is 7.82. The molecule has 8 nitrogen and oxygen atoms in total. The fourth-order valence-corrected chi connectivity index (χ4v) is 5.35. The molecule has 0 saturated carbocycles. The lowest BCUT2D eigenvalue weighted by Gasteiger charge is -2.24. The van der Waals surface area contributed by atoms with Crippen LogP contribution in [0.3, 0.4) is 0 Å². The third kappa shape index (κ3) is 7.97. The number of fused-ring (bicyclic) bond motifs is 3. The average molecular weight is 573 g/mol. The van der Waals surface area contributed by atoms with Gasteiger partial charge in [0.2, 0.25) is 5.91 Å². The van der Waals surface area contributed by atoms with Gasteiger partial charge in [-0.1, -0.05) is 92.2 Å². The molecule has 1 aliphatic rings. The van der Waals surface area contributed by atoms with Crippen LogP contribution in [0.2, 0.25) is 0 Å². The van der Waals surface area contributed by atoms with Crippen LogP contribution in [0.5, 0.6) is 0 Å². The molecule has 0 fully saturated rings. The summed E-state index contributed by atoms with van der Waals surface area (Å²) in [5, 5.41) is 15.2. The topological polar surface area (TPSA) is 114 Å². The molecule has 0 aliphatic heterocycles. The quantitative estimate of drug-likeness (QED) is 0.222. The highest BCUT2D eigenvalue weighted by Gasteiger charge is 2.30. The summed E-state index contributed by atoms with van der Waals surface area (Å²) < 4.78 is 11.4. The SMILES string of the molecule is CC(CCCC(C)C(=O)N[C@@H](C(=O)O)[C@H](C)OCc1ccccc1)NC(=O)OCC1c2ccccc2-c2ccccc21. The first-order valence-electron chi connectivity index (χ1n) is 14.5. The number of rotatable bonds is 14. The lowest BCUT2D eigenvalue weighted by molar-refractivity contribution is -0.147. The average Bonchev–Trinajstić information content (AvgIpc) is 3.31. The Morgan fingerprint density at radius 2 is 1.40 bits per heavy atom. The van der Waals surface area contributed by atoms with Gasteiger partial charge in [0, 0.05) is 17.9 Å². The van der Waals surface area contributed by atoms with E-state index in [2.05, 4.69) is 34.9 Å². The Bertz CT molecular complexity index is 1320. The first-order valence-corrected chi connectivity index (χ1v) is 14.5. The predicted molar refractivity (Wildman–Crippen MR) is 161 cm³/mol. The molecule has 3 aromatic rings. The van der Waals surface area contributed by atoms with Gasteiger partial charge in [0.05, 0.1) is 12.7 Å². The Hall–Kier alpha value is -4.17. The minimum atomic E-state index is -1.15. The fraction of sp³-hybridized carbons (Fsp3) is 0.382. The van der Waals surface area contributed by atoms with Crippen LogP contribution in [0.4, 0.5) is 4.79 Å². The van der Waals surface area contributed by atoms with Gasteiger partial charge in [-0.15, -0.1) is 0 Å². The molecule has 0 heterocycles. The summed E-state index contributed by atoms with van der Waals surface area (Å²) in [6.45, 7) is 5.82. The van der Waals surface area contributed by atoms with Crippen LogP contribution in [0.15, 0.2) is 78.9 Å². The zero-order chi connectivity index (χ0) is 30.1. The Kier molecular flexibility index (Phi) is 10.7. The molecular formula is C34H40N2O6. The van der Waals surface area contributed by atoms with Gasteiger partial charge in [-0.3, -0.25) is 4.79 Å². The number of carboxylic acids is 1. The van der Waals surface area contributed by atoms with Crippen LogP contribution < -0.4 is 10.6 Å². The van der Waals surface area contributed by atoms with E-state index in [0.717, 1.165) is 16.7 Å². The van der Waals surface area contributed by atoms with E-state index in [1.54, 1.807) is 13.8 Å². The smallest absolute Gasteiger partial charge is 0.407 e. The van der Waals surface area contributed by atoms with E-state index in [1.807, 2.05) is 61.5 Å². The van der Waals surface area contributed by atoms with Gasteiger partial charge in [0.25, 0.3) is 0 Å². The molecule has 3 N–H and O–H groups in total. The molecule has 4 atom stereocenters. The molecule has 1 aliphatic carbocycles. The normalized spacial score (nSPS) is 15.0. The molecule has 4 rings (SSSR count). The van der Waals surface area contributed by atoms with Crippen molar-refractivity contribution in [1.82, 2.24) is 10.6 Å². The summed E-state index contributed by atoms with van der Waals surface area (Å²) in [5.74, 6) is -1.87. The number of carbonyl (C=O) groups excluding carboxylic acids is 2. The standard InChI is InChI=1S/C34H40N2O6/c1-22(32(37)36-31(33(38)39)24(3)41-20-25-14-5-4-6-15-25)12-11-13-23(2)35-34(40)42-21-30-28-18-9-7-16-26(28)27-17-8-10-19-29(27)30/h4-10,14-19,22-24,30-31H,11-13,20-21H2,1-3H3,(H,35,40)(H,36,37)(H,38,39)/t22?,23?,24-,31+/m0/s1. The third-order valence-electron chi connectivity index (χ3n) is 7.82. The number of hydrogen-bond donors (Lipinski definition) is 3. The van der Waals surface area contributed by atoms with Gasteiger partial charge in [0.15, 0.2) is 6.04 Å². The maximum absolute atomic E-state index is 12.8. The summed E-state index contributed by atoms with van der Waals surface area (Å²) in [6.07, 6.45) is 0.704. The van der Waals surface area contributed by atoms with Crippen LogP contribution in [0.25, 0.3) is 11.1 Å². The van der Waals surface area contributed by atoms with E-state index in [-0.39, 0.29) is 31.1 Å². The Morgan fingerprint density at radius 1 is 0.810 bits per heavy atom. The zero-order valence-electron chi connectivity index (χ0n) is 24.4. The molecule has 2 amide bonds. The number of alkyl carbamates (subject to hydrolysis) is 1. The zero-order valence-corrected chi connectivity index (χ0v) is 24.4. The highest BCUT2D eigenvalue weighted by atomic mass is 16.5. The van der Waals surface area contributed by atoms with E-state index in [1.165, 1.54) is 11.1 Å². The molecule has 0 bridgehead atoms. The lowest BCUT2D eigenvalue weighted by Crippen LogP contribution is -2.50. The first kappa shape index (κ1) is 30.8. The Morgan fingerprint density at radius 3 is 2.02 bits per heavy atom. The second-order valence-electron chi connectivity index (χ2n) is 11.0. The first-order chi connectivity index (χ1) is 20.2. The molecule has 0 spiro atoms. The number of aliphatic carboxylic acids is 1. The molecule has 3 aromatic carbocycles. The summed E-state index contributed by atoms with van der Waals surface area (Å²) >= 11 is 0. The van der Waals surface area contributed by atoms with E-state index in [0.29, 0.717) is 19.3 Å². The van der Waals surface area contributed by atoms with Crippen LogP contribution >= 0.6 is 0 Å². The van der Waals surface area contributed by atoms with Crippen LogP contribution in [0.1, 0.15) is 62.6 Å². The summed E-state index contributed by atoms with van der Waals surface area (Å²) in [4.78, 5) is 37.2. The highest BCUT2D eigenvalue weighted by molar-refractivity contribution is 5.85. The van der Waals surface area contributed by atoms with Crippen molar-refractivity contribution in [3.8, 4) is 11.1 Å². The number of nitrogens with one attached hydrogen (secondary N) is 2. The summed E-state index contributed by atoms with van der Waals surface area (Å²) in [6, 6.07) is 24.6. The van der Waals surface area contributed by atoms with Crippen LogP contribution in [-0.4, -0.2) is 47.9 Å². The highest BCUT2D eigenvalue weighted by Crippen LogP contribution is 2.44. The Labute approximate surface area is 247 Å².